The highest BCUT2D eigenvalue weighted by Crippen LogP contribution is 2.48. The molecule has 0 radical (unpaired) electrons. The van der Waals surface area contributed by atoms with Crippen molar-refractivity contribution in [3.8, 4) is 0 Å². The molecule has 30 heavy (non-hydrogen) atoms. The quantitative estimate of drug-likeness (QED) is 0.566. The van der Waals surface area contributed by atoms with Crippen molar-refractivity contribution in [3.63, 3.8) is 0 Å². The molecule has 158 valence electrons. The number of nitrogens with one attached hydrogen (secondary N) is 3. The van der Waals surface area contributed by atoms with Crippen LogP contribution >= 0.6 is 0 Å². The number of rotatable bonds is 4. The second-order valence-corrected chi connectivity index (χ2v) is 9.93. The summed E-state index contributed by atoms with van der Waals surface area (Å²) < 4.78 is 26.2. The molecule has 2 aliphatic rings. The van der Waals surface area contributed by atoms with Crippen LogP contribution in [-0.2, 0) is 10.0 Å². The fourth-order valence-corrected chi connectivity index (χ4v) is 4.88. The highest BCUT2D eigenvalue weighted by Gasteiger charge is 2.48. The fourth-order valence-electron chi connectivity index (χ4n) is 4.16. The van der Waals surface area contributed by atoms with Crippen LogP contribution in [-0.4, -0.2) is 72.4 Å². The van der Waals surface area contributed by atoms with Gasteiger partial charge in [-0.05, 0) is 32.0 Å². The van der Waals surface area contributed by atoms with Gasteiger partial charge < -0.3 is 19.8 Å². The van der Waals surface area contributed by atoms with Crippen LogP contribution < -0.4 is 9.62 Å². The predicted molar refractivity (Wildman–Crippen MR) is 111 cm³/mol. The van der Waals surface area contributed by atoms with E-state index < -0.39 is 10.0 Å². The summed E-state index contributed by atoms with van der Waals surface area (Å²) in [4.78, 5) is 32.0. The maximum atomic E-state index is 13.1. The van der Waals surface area contributed by atoms with Gasteiger partial charge in [-0.1, -0.05) is 0 Å². The van der Waals surface area contributed by atoms with Crippen LogP contribution in [0, 0.1) is 5.41 Å². The molecule has 3 aromatic heterocycles. The number of carbonyl (C=O) groups is 1. The van der Waals surface area contributed by atoms with Crippen LogP contribution in [0.2, 0.25) is 0 Å². The van der Waals surface area contributed by atoms with E-state index in [2.05, 4.69) is 29.6 Å². The molecule has 1 spiro atoms. The molecule has 0 unspecified atom stereocenters. The van der Waals surface area contributed by atoms with E-state index in [0.717, 1.165) is 36.2 Å². The van der Waals surface area contributed by atoms with E-state index in [1.165, 1.54) is 19.3 Å². The number of anilines is 1. The lowest BCUT2D eigenvalue weighted by molar-refractivity contribution is 0.0735. The SMILES string of the molecule is CNS(=O)(=O)c1c[nH]c(C(=O)N2CCN(c3ncnc4[nH]ccc34)CC3(CC3)C2)c1. The van der Waals surface area contributed by atoms with E-state index in [0.29, 0.717) is 19.6 Å². The minimum absolute atomic E-state index is 0.0478. The molecular formula is C19H23N7O3S. The Kier molecular flexibility index (Phi) is 4.33. The molecule has 3 N–H and O–H groups in total. The van der Waals surface area contributed by atoms with Crippen molar-refractivity contribution in [3.05, 3.63) is 36.5 Å². The Morgan fingerprint density at radius 1 is 1.20 bits per heavy atom. The van der Waals surface area contributed by atoms with Gasteiger partial charge >= 0.3 is 0 Å². The first-order valence-corrected chi connectivity index (χ1v) is 11.3. The van der Waals surface area contributed by atoms with Crippen molar-refractivity contribution >= 4 is 32.8 Å². The van der Waals surface area contributed by atoms with Gasteiger partial charge in [-0.2, -0.15) is 0 Å². The molecule has 1 amide bonds. The maximum absolute atomic E-state index is 13.1. The molecule has 1 saturated heterocycles. The van der Waals surface area contributed by atoms with Gasteiger partial charge in [-0.25, -0.2) is 23.1 Å². The lowest BCUT2D eigenvalue weighted by Crippen LogP contribution is -2.36. The standard InChI is InChI=1S/C19H23N7O3S/c1-20-30(28,29)13-8-15(22-9-13)18(27)26-7-6-25(10-19(11-26)3-4-19)17-14-2-5-21-16(14)23-12-24-17/h2,5,8-9,12,20,22H,3-4,6-7,10-11H2,1H3,(H,21,23,24). The first-order chi connectivity index (χ1) is 14.4. The Labute approximate surface area is 173 Å². The molecule has 11 heteroatoms. The molecule has 1 aliphatic carbocycles. The molecule has 0 atom stereocenters. The Morgan fingerprint density at radius 2 is 2.03 bits per heavy atom. The van der Waals surface area contributed by atoms with Gasteiger partial charge in [0.15, 0.2) is 0 Å². The van der Waals surface area contributed by atoms with E-state index in [1.54, 1.807) is 6.33 Å². The molecule has 1 saturated carbocycles. The summed E-state index contributed by atoms with van der Waals surface area (Å²) in [5.74, 6) is 0.694. The number of amides is 1. The fraction of sp³-hybridized carbons (Fsp3) is 0.421. The summed E-state index contributed by atoms with van der Waals surface area (Å²) in [5.41, 5.74) is 1.13. The minimum Gasteiger partial charge on any atom is -0.356 e. The van der Waals surface area contributed by atoms with E-state index >= 15 is 0 Å². The van der Waals surface area contributed by atoms with Gasteiger partial charge in [0, 0.05) is 44.0 Å². The third-order valence-electron chi connectivity index (χ3n) is 6.04. The molecule has 5 rings (SSSR count). The highest BCUT2D eigenvalue weighted by atomic mass is 32.2. The van der Waals surface area contributed by atoms with Gasteiger partial charge in [-0.3, -0.25) is 4.79 Å². The number of hydrogen-bond acceptors (Lipinski definition) is 6. The van der Waals surface area contributed by atoms with Crippen LogP contribution in [0.25, 0.3) is 11.0 Å². The number of nitrogens with zero attached hydrogens (tertiary/aromatic N) is 4. The topological polar surface area (TPSA) is 127 Å². The largest absolute Gasteiger partial charge is 0.356 e. The zero-order chi connectivity index (χ0) is 20.9. The summed E-state index contributed by atoms with van der Waals surface area (Å²) >= 11 is 0. The molecular weight excluding hydrogens is 406 g/mol. The number of aromatic amines is 2. The van der Waals surface area contributed by atoms with Crippen molar-refractivity contribution < 1.29 is 13.2 Å². The van der Waals surface area contributed by atoms with Gasteiger partial charge in [0.1, 0.15) is 28.4 Å². The lowest BCUT2D eigenvalue weighted by Gasteiger charge is -2.25. The normalized spacial score (nSPS) is 18.7. The van der Waals surface area contributed by atoms with Gasteiger partial charge in [0.2, 0.25) is 10.0 Å². The highest BCUT2D eigenvalue weighted by molar-refractivity contribution is 7.89. The molecule has 3 aromatic rings. The number of fused-ring (bicyclic) bond motifs is 1. The summed E-state index contributed by atoms with van der Waals surface area (Å²) in [7, 11) is -2.25. The Morgan fingerprint density at radius 3 is 2.80 bits per heavy atom. The number of aromatic nitrogens is 4. The summed E-state index contributed by atoms with van der Waals surface area (Å²) in [6, 6.07) is 3.37. The van der Waals surface area contributed by atoms with E-state index in [9.17, 15) is 13.2 Å². The smallest absolute Gasteiger partial charge is 0.270 e. The Balaban J connectivity index is 1.40. The van der Waals surface area contributed by atoms with Gasteiger partial charge in [0.25, 0.3) is 5.91 Å². The molecule has 2 fully saturated rings. The first kappa shape index (κ1) is 19.1. The number of H-pyrrole nitrogens is 2. The lowest BCUT2D eigenvalue weighted by atomic mass is 10.1. The number of hydrogen-bond donors (Lipinski definition) is 3. The molecule has 4 heterocycles. The van der Waals surface area contributed by atoms with E-state index in [4.69, 9.17) is 0 Å². The molecule has 0 bridgehead atoms. The summed E-state index contributed by atoms with van der Waals surface area (Å²) in [5, 5.41) is 0.972. The average molecular weight is 430 g/mol. The van der Waals surface area contributed by atoms with E-state index in [-0.39, 0.29) is 21.9 Å². The van der Waals surface area contributed by atoms with Crippen molar-refractivity contribution in [2.24, 2.45) is 5.41 Å². The number of sulfonamides is 1. The maximum Gasteiger partial charge on any atom is 0.270 e. The van der Waals surface area contributed by atoms with Crippen LogP contribution in [0.15, 0.2) is 35.7 Å². The monoisotopic (exact) mass is 429 g/mol. The second-order valence-electron chi connectivity index (χ2n) is 8.04. The Hall–Kier alpha value is -2.92. The zero-order valence-corrected chi connectivity index (χ0v) is 17.4. The average Bonchev–Trinajstić information content (AvgIpc) is 3.15. The van der Waals surface area contributed by atoms with Crippen molar-refractivity contribution in [2.45, 2.75) is 17.7 Å². The van der Waals surface area contributed by atoms with Gasteiger partial charge in [-0.15, -0.1) is 0 Å². The van der Waals surface area contributed by atoms with Crippen LogP contribution in [0.1, 0.15) is 23.3 Å². The predicted octanol–water partition coefficient (Wildman–Crippen LogP) is 0.937. The summed E-state index contributed by atoms with van der Waals surface area (Å²) in [6.07, 6.45) is 6.87. The third-order valence-corrected chi connectivity index (χ3v) is 7.43. The Bertz CT molecular complexity index is 1210. The third kappa shape index (κ3) is 3.23. The molecule has 1 aliphatic heterocycles. The van der Waals surface area contributed by atoms with Crippen LogP contribution in [0.4, 0.5) is 5.82 Å². The van der Waals surface area contributed by atoms with Crippen molar-refractivity contribution in [1.29, 1.82) is 0 Å². The molecule has 10 nitrogen and oxygen atoms in total. The van der Waals surface area contributed by atoms with Crippen molar-refractivity contribution in [2.75, 3.05) is 38.1 Å². The van der Waals surface area contributed by atoms with Crippen LogP contribution in [0.3, 0.4) is 0 Å². The zero-order valence-electron chi connectivity index (χ0n) is 16.6. The van der Waals surface area contributed by atoms with Crippen molar-refractivity contribution in [1.82, 2.24) is 29.6 Å². The van der Waals surface area contributed by atoms with Crippen LogP contribution in [0.5, 0.6) is 0 Å². The number of carbonyl (C=O) groups excluding carboxylic acids is 1. The van der Waals surface area contributed by atoms with Gasteiger partial charge in [0.05, 0.1) is 5.39 Å². The summed E-state index contributed by atoms with van der Waals surface area (Å²) in [6.45, 7) is 2.66. The minimum atomic E-state index is -3.60. The first-order valence-electron chi connectivity index (χ1n) is 9.85. The van der Waals surface area contributed by atoms with E-state index in [1.807, 2.05) is 17.2 Å². The second kappa shape index (κ2) is 6.81. The molecule has 0 aromatic carbocycles.